The summed E-state index contributed by atoms with van der Waals surface area (Å²) in [5, 5.41) is 0. The van der Waals surface area contributed by atoms with Crippen LogP contribution in [0.25, 0.3) is 0 Å². The molecule has 0 radical (unpaired) electrons. The van der Waals surface area contributed by atoms with Gasteiger partial charge in [-0.3, -0.25) is 0 Å². The number of benzene rings is 1. The molecule has 0 aromatic heterocycles. The summed E-state index contributed by atoms with van der Waals surface area (Å²) in [6, 6.07) is 6.02. The highest BCUT2D eigenvalue weighted by molar-refractivity contribution is 7.60. The lowest BCUT2D eigenvalue weighted by atomic mass is 9.82. The number of aryl methyl sites for hydroxylation is 1. The van der Waals surface area contributed by atoms with Gasteiger partial charge in [0, 0.05) is 18.4 Å². The Labute approximate surface area is 242 Å². The van der Waals surface area contributed by atoms with Gasteiger partial charge in [0.05, 0.1) is 12.2 Å². The second-order valence-electron chi connectivity index (χ2n) is 10.7. The maximum Gasteiger partial charge on any atom is 0.673 e. The number of rotatable bonds is 21. The van der Waals surface area contributed by atoms with Crippen LogP contribution >= 0.6 is 0 Å². The van der Waals surface area contributed by atoms with Crippen LogP contribution in [0.1, 0.15) is 158 Å². The van der Waals surface area contributed by atoms with Crippen LogP contribution < -0.4 is 0 Å². The number of ether oxygens (including phenoxy) is 1. The van der Waals surface area contributed by atoms with Crippen molar-refractivity contribution in [1.82, 2.24) is 0 Å². The van der Waals surface area contributed by atoms with Crippen LogP contribution in [-0.4, -0.2) is 19.8 Å². The van der Waals surface area contributed by atoms with E-state index < -0.39 is 7.25 Å². The van der Waals surface area contributed by atoms with Gasteiger partial charge in [-0.25, -0.2) is 4.79 Å². The second-order valence-corrected chi connectivity index (χ2v) is 11.7. The minimum absolute atomic E-state index is 0.154. The largest absolute Gasteiger partial charge is 0.673 e. The Hall–Kier alpha value is -1.18. The summed E-state index contributed by atoms with van der Waals surface area (Å²) in [5.41, 5.74) is 3.04. The lowest BCUT2D eigenvalue weighted by molar-refractivity contribution is 0.0523. The minimum Gasteiger partial charge on any atom is -0.462 e. The van der Waals surface area contributed by atoms with Crippen molar-refractivity contribution in [2.75, 3.05) is 6.61 Å². The Kier molecular flexibility index (Phi) is 21.8. The van der Waals surface area contributed by atoms with Crippen LogP contribution in [0.3, 0.4) is 0 Å². The van der Waals surface area contributed by atoms with Gasteiger partial charge in [0.1, 0.15) is 4.75 Å². The number of esters is 1. The van der Waals surface area contributed by atoms with Crippen LogP contribution in [0, 0.1) is 6.92 Å². The molecule has 0 aliphatic heterocycles. The Morgan fingerprint density at radius 1 is 0.744 bits per heavy atom. The van der Waals surface area contributed by atoms with E-state index in [2.05, 4.69) is 39.5 Å². The predicted molar refractivity (Wildman–Crippen MR) is 164 cm³/mol. The topological polar surface area (TPSA) is 26.3 Å². The highest BCUT2D eigenvalue weighted by atomic mass is 32.1. The number of hydrogen-bond acceptors (Lipinski definition) is 2. The molecule has 0 amide bonds. The van der Waals surface area contributed by atoms with E-state index in [0.29, 0.717) is 6.61 Å². The van der Waals surface area contributed by atoms with E-state index in [1.807, 2.05) is 19.1 Å². The molecule has 0 saturated heterocycles. The standard InChI is InChI=1S/C31H54O2S.BF4/c1-5-8-9-10-11-12-13-14-15-16-17-18-19-20-21-26-31(34,25-6-2)29-27(4)23-22-24-28(29)30(32)33-7-3;2-1(3,4)5/h22-24,34H,5-21,25-26H2,1-4H3;/q;-1/p+1. The molecule has 0 fully saturated rings. The molecule has 0 aliphatic carbocycles. The van der Waals surface area contributed by atoms with Gasteiger partial charge in [0.2, 0.25) is 0 Å². The number of unbranched alkanes of at least 4 members (excludes halogenated alkanes) is 14. The molecule has 0 aliphatic rings. The third-order valence-corrected chi connectivity index (χ3v) is 7.88. The van der Waals surface area contributed by atoms with Crippen molar-refractivity contribution in [1.29, 1.82) is 0 Å². The van der Waals surface area contributed by atoms with Gasteiger partial charge < -0.3 is 22.0 Å². The fraction of sp³-hybridized carbons (Fsp3) is 0.774. The van der Waals surface area contributed by atoms with Crippen molar-refractivity contribution < 1.29 is 26.8 Å². The summed E-state index contributed by atoms with van der Waals surface area (Å²) in [5.74, 6) is -0.198. The second kappa shape index (κ2) is 22.5. The van der Waals surface area contributed by atoms with Gasteiger partial charge in [0.25, 0.3) is 0 Å². The monoisotopic (exact) mass is 578 g/mol. The molecule has 0 bridgehead atoms. The maximum atomic E-state index is 12.6. The summed E-state index contributed by atoms with van der Waals surface area (Å²) < 4.78 is 44.2. The van der Waals surface area contributed by atoms with Crippen LogP contribution in [0.15, 0.2) is 18.2 Å². The molecule has 8 heteroatoms. The summed E-state index contributed by atoms with van der Waals surface area (Å²) in [6.45, 7) is 8.92. The van der Waals surface area contributed by atoms with Gasteiger partial charge in [-0.05, 0) is 44.5 Å². The zero-order valence-corrected chi connectivity index (χ0v) is 26.1. The van der Waals surface area contributed by atoms with Gasteiger partial charge in [-0.1, -0.05) is 122 Å². The lowest BCUT2D eigenvalue weighted by Crippen LogP contribution is -2.27. The first-order valence-corrected chi connectivity index (χ1v) is 15.9. The van der Waals surface area contributed by atoms with E-state index in [1.54, 1.807) is 0 Å². The molecule has 0 heterocycles. The molecule has 2 nitrogen and oxygen atoms in total. The molecule has 1 aromatic carbocycles. The Morgan fingerprint density at radius 3 is 1.59 bits per heavy atom. The van der Waals surface area contributed by atoms with Gasteiger partial charge in [-0.2, -0.15) is 0 Å². The zero-order chi connectivity index (χ0) is 29.6. The molecule has 1 aromatic rings. The molecule has 39 heavy (non-hydrogen) atoms. The molecule has 0 spiro atoms. The molecule has 1 unspecified atom stereocenters. The van der Waals surface area contributed by atoms with Crippen LogP contribution in [0.4, 0.5) is 17.3 Å². The summed E-state index contributed by atoms with van der Waals surface area (Å²) in [7, 11) is -6.00. The average Bonchev–Trinajstić information content (AvgIpc) is 2.85. The zero-order valence-electron chi connectivity index (χ0n) is 25.1. The van der Waals surface area contributed by atoms with E-state index >= 15 is 0 Å². The normalized spacial score (nSPS) is 12.9. The molecule has 1 rings (SSSR count). The summed E-state index contributed by atoms with van der Waals surface area (Å²) >= 11 is 4.17. The first-order chi connectivity index (χ1) is 18.5. The third kappa shape index (κ3) is 19.5. The van der Waals surface area contributed by atoms with Crippen molar-refractivity contribution in [2.24, 2.45) is 0 Å². The van der Waals surface area contributed by atoms with Gasteiger partial charge >= 0.3 is 13.2 Å². The van der Waals surface area contributed by atoms with E-state index in [-0.39, 0.29) is 10.7 Å². The average molecular weight is 579 g/mol. The maximum absolute atomic E-state index is 12.6. The molecular weight excluding hydrogens is 523 g/mol. The van der Waals surface area contributed by atoms with E-state index in [0.717, 1.165) is 30.4 Å². The van der Waals surface area contributed by atoms with E-state index in [4.69, 9.17) is 4.74 Å². The quantitative estimate of drug-likeness (QED) is 0.0477. The molecule has 1 atom stereocenters. The predicted octanol–water partition coefficient (Wildman–Crippen LogP) is 10.7. The highest BCUT2D eigenvalue weighted by Crippen LogP contribution is 2.38. The van der Waals surface area contributed by atoms with Gasteiger partial charge in [-0.15, -0.1) is 0 Å². The van der Waals surface area contributed by atoms with Crippen molar-refractivity contribution in [3.05, 3.63) is 34.9 Å². The molecular formula is C31H55BF4O2S. The molecule has 228 valence electrons. The lowest BCUT2D eigenvalue weighted by Gasteiger charge is -2.27. The van der Waals surface area contributed by atoms with Crippen molar-refractivity contribution in [2.45, 2.75) is 148 Å². The number of carbonyl (C=O) groups is 1. The van der Waals surface area contributed by atoms with Crippen molar-refractivity contribution in [3.8, 4) is 0 Å². The fourth-order valence-corrected chi connectivity index (χ4v) is 6.04. The Bertz CT molecular complexity index is 755. The smallest absolute Gasteiger partial charge is 0.462 e. The number of halogens is 4. The summed E-state index contributed by atoms with van der Waals surface area (Å²) in [6.07, 6.45) is 23.9. The van der Waals surface area contributed by atoms with Crippen LogP contribution in [0.2, 0.25) is 0 Å². The SMILES string of the molecule is CCCCCCCCCCCCCCCCCC([SH2+])(CCC)c1c(C)cccc1C(=O)OCC.F[B-](F)(F)F. The van der Waals surface area contributed by atoms with Gasteiger partial charge in [0.15, 0.2) is 0 Å². The number of carbonyl (C=O) groups excluding carboxylic acids is 1. The van der Waals surface area contributed by atoms with E-state index in [9.17, 15) is 22.1 Å². The minimum atomic E-state index is -6.00. The third-order valence-electron chi connectivity index (χ3n) is 7.13. The molecule has 0 N–H and O–H groups in total. The molecule has 0 saturated carbocycles. The fourth-order valence-electron chi connectivity index (χ4n) is 5.28. The Morgan fingerprint density at radius 2 is 1.18 bits per heavy atom. The van der Waals surface area contributed by atoms with Crippen molar-refractivity contribution >= 4 is 25.9 Å². The van der Waals surface area contributed by atoms with E-state index in [1.165, 1.54) is 102 Å². The first kappa shape index (κ1) is 37.8. The van der Waals surface area contributed by atoms with Crippen LogP contribution in [0.5, 0.6) is 0 Å². The number of hydrogen-bond donors (Lipinski definition) is 0. The Balaban J connectivity index is 0.00000263. The first-order valence-electron chi connectivity index (χ1n) is 15.4. The van der Waals surface area contributed by atoms with Crippen molar-refractivity contribution in [3.63, 3.8) is 0 Å². The summed E-state index contributed by atoms with van der Waals surface area (Å²) in [4.78, 5) is 12.6. The van der Waals surface area contributed by atoms with Crippen LogP contribution in [-0.2, 0) is 22.1 Å². The highest BCUT2D eigenvalue weighted by Gasteiger charge is 2.38.